The highest BCUT2D eigenvalue weighted by atomic mass is 79.9. The van der Waals surface area contributed by atoms with Crippen molar-refractivity contribution in [2.45, 2.75) is 32.5 Å². The van der Waals surface area contributed by atoms with Gasteiger partial charge in [-0.3, -0.25) is 19.8 Å². The molecule has 0 spiro atoms. The molecule has 10 heteroatoms. The van der Waals surface area contributed by atoms with Gasteiger partial charge in [0.1, 0.15) is 11.6 Å². The van der Waals surface area contributed by atoms with E-state index in [0.717, 1.165) is 5.56 Å². The lowest BCUT2D eigenvalue weighted by Crippen LogP contribution is -2.58. The first-order chi connectivity index (χ1) is 14.7. The molecule has 31 heavy (non-hydrogen) atoms. The van der Waals surface area contributed by atoms with E-state index in [1.54, 1.807) is 17.0 Å². The number of hydrogen-bond donors (Lipinski definition) is 0. The molecule has 0 aromatic heterocycles. The lowest BCUT2D eigenvalue weighted by atomic mass is 10.1. The third-order valence-corrected chi connectivity index (χ3v) is 6.45. The number of nitrogens with zero attached hydrogens (tertiary/aromatic N) is 3. The zero-order chi connectivity index (χ0) is 22.7. The summed E-state index contributed by atoms with van der Waals surface area (Å²) in [6, 6.07) is 9.24. The normalized spacial score (nSPS) is 19.3. The first-order valence-electron chi connectivity index (χ1n) is 9.70. The molecule has 0 saturated carbocycles. The summed E-state index contributed by atoms with van der Waals surface area (Å²) in [5.74, 6) is -0.0700. The first kappa shape index (κ1) is 23.6. The molecule has 1 amide bonds. The Morgan fingerprint density at radius 3 is 2.35 bits per heavy atom. The number of ether oxygens (including phenoxy) is 1. The Morgan fingerprint density at radius 2 is 1.77 bits per heavy atom. The first-order valence-corrected chi connectivity index (χ1v) is 11.3. The number of carbonyl (C=O) groups is 1. The van der Waals surface area contributed by atoms with E-state index < -0.39 is 4.92 Å². The maximum atomic E-state index is 13.1. The summed E-state index contributed by atoms with van der Waals surface area (Å²) in [6.45, 7) is 5.79. The van der Waals surface area contributed by atoms with Gasteiger partial charge in [-0.05, 0) is 63.4 Å². The maximum Gasteiger partial charge on any atom is 0.271 e. The fourth-order valence-corrected chi connectivity index (χ4v) is 4.99. The van der Waals surface area contributed by atoms with Crippen molar-refractivity contribution in [1.29, 1.82) is 0 Å². The van der Waals surface area contributed by atoms with Crippen LogP contribution in [0, 0.1) is 15.9 Å². The Kier molecular flexibility index (Phi) is 7.66. The van der Waals surface area contributed by atoms with Crippen molar-refractivity contribution in [2.75, 3.05) is 19.7 Å². The summed E-state index contributed by atoms with van der Waals surface area (Å²) in [4.78, 5) is 27.3. The average molecular weight is 559 g/mol. The number of rotatable bonds is 6. The molecule has 0 N–H and O–H groups in total. The predicted octanol–water partition coefficient (Wildman–Crippen LogP) is 4.76. The highest BCUT2D eigenvalue weighted by Gasteiger charge is 2.32. The van der Waals surface area contributed by atoms with Crippen LogP contribution in [0.5, 0.6) is 5.75 Å². The smallest absolute Gasteiger partial charge is 0.271 e. The molecule has 3 rings (SSSR count). The summed E-state index contributed by atoms with van der Waals surface area (Å²) in [5, 5.41) is 11.0. The van der Waals surface area contributed by atoms with Gasteiger partial charge in [0.25, 0.3) is 11.6 Å². The van der Waals surface area contributed by atoms with E-state index in [1.165, 1.54) is 24.3 Å². The van der Waals surface area contributed by atoms with E-state index >= 15 is 0 Å². The Morgan fingerprint density at radius 1 is 1.16 bits per heavy atom. The molecule has 2 unspecified atom stereocenters. The van der Waals surface area contributed by atoms with E-state index in [0.29, 0.717) is 34.3 Å². The number of amides is 1. The van der Waals surface area contributed by atoms with E-state index in [4.69, 9.17) is 4.74 Å². The van der Waals surface area contributed by atoms with Gasteiger partial charge in [0.05, 0.1) is 13.9 Å². The standard InChI is InChI=1S/C21H22Br2FN3O4/c1-13-10-26(14(2)9-25(13)11-15-3-5-16(24)6-4-15)20(28)12-31-21-18(22)7-17(27(29)30)8-19(21)23/h3-8,13-14H,9-12H2,1-2H3. The molecule has 2 aromatic carbocycles. The number of carbonyl (C=O) groups excluding carboxylic acids is 1. The number of benzene rings is 2. The van der Waals surface area contributed by atoms with Gasteiger partial charge in [0, 0.05) is 43.9 Å². The number of nitro benzene ring substituents is 1. The molecule has 0 aliphatic carbocycles. The maximum absolute atomic E-state index is 13.1. The van der Waals surface area contributed by atoms with Crippen molar-refractivity contribution in [2.24, 2.45) is 0 Å². The molecule has 1 aliphatic heterocycles. The number of halogens is 3. The molecular weight excluding hydrogens is 537 g/mol. The van der Waals surface area contributed by atoms with Crippen LogP contribution in [0.4, 0.5) is 10.1 Å². The molecule has 1 saturated heterocycles. The van der Waals surface area contributed by atoms with Crippen molar-refractivity contribution in [1.82, 2.24) is 9.80 Å². The van der Waals surface area contributed by atoms with Crippen molar-refractivity contribution in [3.63, 3.8) is 0 Å². The Balaban J connectivity index is 1.60. The van der Waals surface area contributed by atoms with Gasteiger partial charge in [-0.25, -0.2) is 4.39 Å². The number of piperazine rings is 1. The van der Waals surface area contributed by atoms with Gasteiger partial charge >= 0.3 is 0 Å². The second-order valence-corrected chi connectivity index (χ2v) is 9.29. The molecule has 2 aromatic rings. The Hall–Kier alpha value is -2.04. The minimum Gasteiger partial charge on any atom is -0.481 e. The molecule has 1 heterocycles. The lowest BCUT2D eigenvalue weighted by molar-refractivity contribution is -0.385. The molecule has 0 radical (unpaired) electrons. The molecule has 7 nitrogen and oxygen atoms in total. The fraction of sp³-hybridized carbons (Fsp3) is 0.381. The van der Waals surface area contributed by atoms with E-state index in [2.05, 4.69) is 43.7 Å². The summed E-state index contributed by atoms with van der Waals surface area (Å²) < 4.78 is 19.6. The fourth-order valence-electron chi connectivity index (χ4n) is 3.60. The molecule has 1 aliphatic rings. The quantitative estimate of drug-likeness (QED) is 0.377. The van der Waals surface area contributed by atoms with Gasteiger partial charge in [0.15, 0.2) is 6.61 Å². The molecule has 1 fully saturated rings. The minimum atomic E-state index is -0.501. The monoisotopic (exact) mass is 557 g/mol. The van der Waals surface area contributed by atoms with Crippen LogP contribution in [0.1, 0.15) is 19.4 Å². The third kappa shape index (κ3) is 5.81. The van der Waals surface area contributed by atoms with Gasteiger partial charge in [-0.15, -0.1) is 0 Å². The molecule has 0 bridgehead atoms. The van der Waals surface area contributed by atoms with Crippen molar-refractivity contribution in [3.8, 4) is 5.75 Å². The van der Waals surface area contributed by atoms with Crippen LogP contribution < -0.4 is 4.74 Å². The van der Waals surface area contributed by atoms with Gasteiger partial charge in [0.2, 0.25) is 0 Å². The lowest BCUT2D eigenvalue weighted by Gasteiger charge is -2.44. The number of nitro groups is 1. The largest absolute Gasteiger partial charge is 0.481 e. The highest BCUT2D eigenvalue weighted by Crippen LogP contribution is 2.37. The van der Waals surface area contributed by atoms with Gasteiger partial charge in [-0.1, -0.05) is 12.1 Å². The number of non-ortho nitro benzene ring substituents is 1. The van der Waals surface area contributed by atoms with Crippen LogP contribution in [0.3, 0.4) is 0 Å². The van der Waals surface area contributed by atoms with Crippen LogP contribution in [-0.4, -0.2) is 52.4 Å². The summed E-state index contributed by atoms with van der Waals surface area (Å²) in [7, 11) is 0. The van der Waals surface area contributed by atoms with Crippen LogP contribution in [-0.2, 0) is 11.3 Å². The van der Waals surface area contributed by atoms with Crippen LogP contribution in [0.25, 0.3) is 0 Å². The molecule has 166 valence electrons. The second-order valence-electron chi connectivity index (χ2n) is 7.58. The Labute approximate surface area is 196 Å². The summed E-state index contributed by atoms with van der Waals surface area (Å²) >= 11 is 6.53. The summed E-state index contributed by atoms with van der Waals surface area (Å²) in [5.41, 5.74) is 0.939. The SMILES string of the molecule is CC1CN(C(=O)COc2c(Br)cc([N+](=O)[O-])cc2Br)C(C)CN1Cc1ccc(F)cc1. The summed E-state index contributed by atoms with van der Waals surface area (Å²) in [6.07, 6.45) is 0. The van der Waals surface area contributed by atoms with Gasteiger partial charge in [-0.2, -0.15) is 0 Å². The Bertz CT molecular complexity index is 951. The van der Waals surface area contributed by atoms with E-state index in [-0.39, 0.29) is 36.1 Å². The van der Waals surface area contributed by atoms with E-state index in [1.807, 2.05) is 6.92 Å². The van der Waals surface area contributed by atoms with Crippen molar-refractivity contribution >= 4 is 43.5 Å². The predicted molar refractivity (Wildman–Crippen MR) is 121 cm³/mol. The molecular formula is C21H22Br2FN3O4. The minimum absolute atomic E-state index is 0.0171. The zero-order valence-corrected chi connectivity index (χ0v) is 20.2. The molecule has 2 atom stereocenters. The van der Waals surface area contributed by atoms with Crippen molar-refractivity contribution in [3.05, 3.63) is 66.8 Å². The second kappa shape index (κ2) is 10.1. The van der Waals surface area contributed by atoms with Gasteiger partial charge < -0.3 is 9.64 Å². The highest BCUT2D eigenvalue weighted by molar-refractivity contribution is 9.11. The van der Waals surface area contributed by atoms with Crippen LogP contribution >= 0.6 is 31.9 Å². The average Bonchev–Trinajstić information content (AvgIpc) is 2.71. The van der Waals surface area contributed by atoms with Crippen LogP contribution in [0.2, 0.25) is 0 Å². The van der Waals surface area contributed by atoms with E-state index in [9.17, 15) is 19.3 Å². The third-order valence-electron chi connectivity index (χ3n) is 5.27. The van der Waals surface area contributed by atoms with Crippen LogP contribution in [0.15, 0.2) is 45.3 Å². The van der Waals surface area contributed by atoms with Crippen molar-refractivity contribution < 1.29 is 18.8 Å². The topological polar surface area (TPSA) is 75.9 Å². The number of hydrogen-bond acceptors (Lipinski definition) is 5. The zero-order valence-electron chi connectivity index (χ0n) is 17.1.